The minimum absolute atomic E-state index is 0.0299. The summed E-state index contributed by atoms with van der Waals surface area (Å²) < 4.78 is 35.3. The molecule has 0 saturated carbocycles. The van der Waals surface area contributed by atoms with Gasteiger partial charge in [0, 0.05) is 7.05 Å². The van der Waals surface area contributed by atoms with E-state index in [9.17, 15) is 13.2 Å². The molecule has 0 bridgehead atoms. The molecule has 0 radical (unpaired) electrons. The van der Waals surface area contributed by atoms with Crippen LogP contribution in [0.15, 0.2) is 26.5 Å². The van der Waals surface area contributed by atoms with Crippen molar-refractivity contribution in [2.24, 2.45) is 0 Å². The summed E-state index contributed by atoms with van der Waals surface area (Å²) in [5.74, 6) is -0.196. The number of nitrogens with one attached hydrogen (secondary N) is 1. The summed E-state index contributed by atoms with van der Waals surface area (Å²) in [6, 6.07) is 2.95. The Morgan fingerprint density at radius 1 is 1.15 bits per heavy atom. The van der Waals surface area contributed by atoms with Crippen molar-refractivity contribution >= 4 is 31.6 Å². The van der Waals surface area contributed by atoms with Crippen molar-refractivity contribution in [3.63, 3.8) is 0 Å². The van der Waals surface area contributed by atoms with Gasteiger partial charge >= 0.3 is 0 Å². The van der Waals surface area contributed by atoms with Gasteiger partial charge in [0.1, 0.15) is 20.9 Å². The first kappa shape index (κ1) is 14.9. The van der Waals surface area contributed by atoms with Gasteiger partial charge in [-0.15, -0.1) is 0 Å². The molecule has 20 heavy (non-hydrogen) atoms. The van der Waals surface area contributed by atoms with Gasteiger partial charge in [-0.1, -0.05) is 0 Å². The predicted molar refractivity (Wildman–Crippen MR) is 76.1 cm³/mol. The fourth-order valence-corrected chi connectivity index (χ4v) is 4.75. The van der Waals surface area contributed by atoms with Crippen LogP contribution in [-0.4, -0.2) is 35.5 Å². The summed E-state index contributed by atoms with van der Waals surface area (Å²) in [7, 11) is 0.245. The molecule has 1 aliphatic heterocycles. The molecule has 0 fully saturated rings. The largest absolute Gasteiger partial charge is 0.496 e. The van der Waals surface area contributed by atoms with Crippen molar-refractivity contribution in [1.82, 2.24) is 5.32 Å². The summed E-state index contributed by atoms with van der Waals surface area (Å²) in [5.41, 5.74) is -0.0299. The molecule has 0 atom stereocenters. The van der Waals surface area contributed by atoms with Crippen LogP contribution >= 0.6 is 15.9 Å². The molecule has 8 heteroatoms. The van der Waals surface area contributed by atoms with Gasteiger partial charge in [-0.05, 0) is 28.1 Å². The molecule has 1 aliphatic rings. The second-order valence-electron chi connectivity index (χ2n) is 3.90. The van der Waals surface area contributed by atoms with Crippen LogP contribution in [0.4, 0.5) is 0 Å². The van der Waals surface area contributed by atoms with E-state index >= 15 is 0 Å². The van der Waals surface area contributed by atoms with Crippen LogP contribution in [0.1, 0.15) is 10.4 Å². The summed E-state index contributed by atoms with van der Waals surface area (Å²) >= 11 is 3.03. The van der Waals surface area contributed by atoms with Crippen LogP contribution in [0.2, 0.25) is 0 Å². The SMILES string of the molecule is CNC1=C(Br)C(=O)c2c(OC)ccc(OC)c2S1(=O)=O. The van der Waals surface area contributed by atoms with Crippen molar-refractivity contribution < 1.29 is 22.7 Å². The fraction of sp³-hybridized carbons (Fsp3) is 0.250. The van der Waals surface area contributed by atoms with Gasteiger partial charge in [-0.2, -0.15) is 0 Å². The summed E-state index contributed by atoms with van der Waals surface area (Å²) in [6.07, 6.45) is 0. The smallest absolute Gasteiger partial charge is 0.227 e. The molecule has 1 aromatic rings. The second-order valence-corrected chi connectivity index (χ2v) is 6.52. The number of carbonyl (C=O) groups excluding carboxylic acids is 1. The van der Waals surface area contributed by atoms with Crippen molar-refractivity contribution in [1.29, 1.82) is 0 Å². The number of halogens is 1. The van der Waals surface area contributed by atoms with E-state index in [4.69, 9.17) is 9.47 Å². The molecule has 0 saturated heterocycles. The van der Waals surface area contributed by atoms with Gasteiger partial charge in [0.05, 0.1) is 19.8 Å². The van der Waals surface area contributed by atoms with Crippen LogP contribution in [-0.2, 0) is 9.84 Å². The van der Waals surface area contributed by atoms with Crippen molar-refractivity contribution in [2.45, 2.75) is 4.90 Å². The quantitative estimate of drug-likeness (QED) is 0.877. The number of rotatable bonds is 3. The molecule has 1 N–H and O–H groups in total. The molecule has 2 rings (SSSR count). The van der Waals surface area contributed by atoms with E-state index in [-0.39, 0.29) is 31.5 Å². The van der Waals surface area contributed by atoms with Gasteiger partial charge in [0.2, 0.25) is 15.6 Å². The highest BCUT2D eigenvalue weighted by atomic mass is 79.9. The number of sulfone groups is 1. The number of hydrogen-bond acceptors (Lipinski definition) is 6. The number of Topliss-reactive ketones (excluding diaryl/α,β-unsaturated/α-hetero) is 1. The molecule has 0 amide bonds. The Morgan fingerprint density at radius 3 is 2.20 bits per heavy atom. The molecular weight excluding hydrogens is 350 g/mol. The van der Waals surface area contributed by atoms with Crippen molar-refractivity contribution in [3.05, 3.63) is 27.2 Å². The predicted octanol–water partition coefficient (Wildman–Crippen LogP) is 1.46. The Balaban J connectivity index is 2.96. The molecule has 0 aromatic heterocycles. The lowest BCUT2D eigenvalue weighted by molar-refractivity contribution is 0.103. The normalized spacial score (nSPS) is 16.7. The Bertz CT molecular complexity index is 724. The maximum absolute atomic E-state index is 12.6. The summed E-state index contributed by atoms with van der Waals surface area (Å²) in [5, 5.41) is 2.34. The van der Waals surface area contributed by atoms with Gasteiger partial charge in [-0.3, -0.25) is 4.79 Å². The Morgan fingerprint density at radius 2 is 1.70 bits per heavy atom. The van der Waals surface area contributed by atoms with E-state index in [1.54, 1.807) is 0 Å². The number of ether oxygens (including phenoxy) is 2. The first-order valence-electron chi connectivity index (χ1n) is 5.52. The summed E-state index contributed by atoms with van der Waals surface area (Å²) in [6.45, 7) is 0. The van der Waals surface area contributed by atoms with Gasteiger partial charge in [0.25, 0.3) is 0 Å². The zero-order chi connectivity index (χ0) is 15.1. The number of methoxy groups -OCH3 is 2. The zero-order valence-electron chi connectivity index (χ0n) is 11.0. The highest BCUT2D eigenvalue weighted by Crippen LogP contribution is 2.43. The minimum Gasteiger partial charge on any atom is -0.496 e. The first-order chi connectivity index (χ1) is 9.39. The van der Waals surface area contributed by atoms with Crippen LogP contribution < -0.4 is 14.8 Å². The number of allylic oxidation sites excluding steroid dienone is 1. The number of fused-ring (bicyclic) bond motifs is 1. The Labute approximate surface area is 124 Å². The summed E-state index contributed by atoms with van der Waals surface area (Å²) in [4.78, 5) is 12.2. The molecule has 0 aliphatic carbocycles. The van der Waals surface area contributed by atoms with Gasteiger partial charge in [0.15, 0.2) is 5.03 Å². The zero-order valence-corrected chi connectivity index (χ0v) is 13.4. The molecular formula is C12H12BrNO5S. The van der Waals surface area contributed by atoms with Crippen LogP contribution in [0.25, 0.3) is 0 Å². The lowest BCUT2D eigenvalue weighted by atomic mass is 10.1. The van der Waals surface area contributed by atoms with E-state index in [1.807, 2.05) is 0 Å². The standard InChI is InChI=1S/C12H12BrNO5S/c1-14-12-9(13)10(15)8-6(18-2)4-5-7(19-3)11(8)20(12,16)17/h4-5,14H,1-3H3. The fourth-order valence-electron chi connectivity index (χ4n) is 2.04. The lowest BCUT2D eigenvalue weighted by Gasteiger charge is -2.22. The molecule has 1 heterocycles. The highest BCUT2D eigenvalue weighted by Gasteiger charge is 2.40. The number of benzene rings is 1. The molecule has 1 aromatic carbocycles. The third kappa shape index (κ3) is 1.90. The maximum Gasteiger partial charge on any atom is 0.227 e. The van der Waals surface area contributed by atoms with Gasteiger partial charge < -0.3 is 14.8 Å². The number of carbonyl (C=O) groups is 1. The maximum atomic E-state index is 12.6. The first-order valence-corrected chi connectivity index (χ1v) is 7.80. The Kier molecular flexibility index (Phi) is 3.79. The van der Waals surface area contributed by atoms with Crippen molar-refractivity contribution in [3.8, 4) is 11.5 Å². The van der Waals surface area contributed by atoms with Gasteiger partial charge in [-0.25, -0.2) is 8.42 Å². The van der Waals surface area contributed by atoms with E-state index in [0.717, 1.165) is 0 Å². The van der Waals surface area contributed by atoms with Crippen molar-refractivity contribution in [2.75, 3.05) is 21.3 Å². The molecule has 0 spiro atoms. The average molecular weight is 362 g/mol. The Hall–Kier alpha value is -1.54. The van der Waals surface area contributed by atoms with E-state index in [2.05, 4.69) is 21.2 Å². The van der Waals surface area contributed by atoms with E-state index in [1.165, 1.54) is 33.4 Å². The number of ketones is 1. The molecule has 108 valence electrons. The van der Waals surface area contributed by atoms with E-state index in [0.29, 0.717) is 0 Å². The average Bonchev–Trinajstić information content (AvgIpc) is 2.43. The topological polar surface area (TPSA) is 81.7 Å². The van der Waals surface area contributed by atoms with Crippen LogP contribution in [0.3, 0.4) is 0 Å². The highest BCUT2D eigenvalue weighted by molar-refractivity contribution is 9.12. The number of hydrogen-bond donors (Lipinski definition) is 1. The second kappa shape index (κ2) is 5.10. The lowest BCUT2D eigenvalue weighted by Crippen LogP contribution is -2.27. The monoisotopic (exact) mass is 361 g/mol. The van der Waals surface area contributed by atoms with Crippen LogP contribution in [0, 0.1) is 0 Å². The third-order valence-corrected chi connectivity index (χ3v) is 5.82. The van der Waals surface area contributed by atoms with Crippen LogP contribution in [0.5, 0.6) is 11.5 Å². The third-order valence-electron chi connectivity index (χ3n) is 2.91. The molecule has 6 nitrogen and oxygen atoms in total. The molecule has 0 unspecified atom stereocenters. The minimum atomic E-state index is -3.89. The van der Waals surface area contributed by atoms with E-state index < -0.39 is 15.6 Å².